The normalized spacial score (nSPS) is 12.2. The summed E-state index contributed by atoms with van der Waals surface area (Å²) in [5.41, 5.74) is 0.878. The van der Waals surface area contributed by atoms with Gasteiger partial charge >= 0.3 is 5.97 Å². The summed E-state index contributed by atoms with van der Waals surface area (Å²) in [7, 11) is 3.22. The summed E-state index contributed by atoms with van der Waals surface area (Å²) in [6.07, 6.45) is 3.95. The third-order valence-corrected chi connectivity index (χ3v) is 4.07. The largest absolute Gasteiger partial charge is 0.468 e. The number of esters is 1. The van der Waals surface area contributed by atoms with Crippen LogP contribution in [0.25, 0.3) is 0 Å². The molecule has 0 unspecified atom stereocenters. The molecule has 20 heavy (non-hydrogen) atoms. The molecular formula is C14H15FN2O2S. The molecule has 0 saturated carbocycles. The predicted molar refractivity (Wildman–Crippen MR) is 75.0 cm³/mol. The van der Waals surface area contributed by atoms with Crippen LogP contribution in [0.1, 0.15) is 5.56 Å². The molecular weight excluding hydrogens is 279 g/mol. The molecule has 1 atom stereocenters. The Morgan fingerprint density at radius 1 is 1.45 bits per heavy atom. The van der Waals surface area contributed by atoms with E-state index in [0.717, 1.165) is 10.7 Å². The van der Waals surface area contributed by atoms with E-state index in [1.54, 1.807) is 18.3 Å². The van der Waals surface area contributed by atoms with Gasteiger partial charge in [-0.15, -0.1) is 0 Å². The Morgan fingerprint density at radius 3 is 2.70 bits per heavy atom. The number of halogens is 1. The first kappa shape index (κ1) is 14.6. The monoisotopic (exact) mass is 294 g/mol. The molecule has 6 heteroatoms. The molecule has 0 spiro atoms. The Bertz CT molecular complexity index is 583. The summed E-state index contributed by atoms with van der Waals surface area (Å²) < 4.78 is 19.6. The van der Waals surface area contributed by atoms with Crippen molar-refractivity contribution < 1.29 is 13.9 Å². The van der Waals surface area contributed by atoms with Crippen molar-refractivity contribution >= 4 is 17.7 Å². The number of rotatable bonds is 5. The zero-order valence-electron chi connectivity index (χ0n) is 11.2. The maximum Gasteiger partial charge on any atom is 0.319 e. The summed E-state index contributed by atoms with van der Waals surface area (Å²) in [5, 5.41) is 0.328. The number of aromatic nitrogens is 2. The number of thioether (sulfide) groups is 1. The Morgan fingerprint density at radius 2 is 2.15 bits per heavy atom. The van der Waals surface area contributed by atoms with E-state index in [1.807, 2.05) is 17.8 Å². The van der Waals surface area contributed by atoms with Crippen LogP contribution in [-0.4, -0.2) is 27.9 Å². The lowest BCUT2D eigenvalue weighted by Gasteiger charge is -2.14. The lowest BCUT2D eigenvalue weighted by Crippen LogP contribution is -2.22. The topological polar surface area (TPSA) is 44.1 Å². The average molecular weight is 294 g/mol. The first-order chi connectivity index (χ1) is 9.60. The molecule has 2 rings (SSSR count). The molecule has 2 aromatic rings. The Balaban J connectivity index is 2.13. The summed E-state index contributed by atoms with van der Waals surface area (Å²) in [5.74, 6) is -0.609. The number of aryl methyl sites for hydroxylation is 1. The van der Waals surface area contributed by atoms with Crippen molar-refractivity contribution in [3.8, 4) is 0 Å². The van der Waals surface area contributed by atoms with Gasteiger partial charge in [-0.05, 0) is 24.1 Å². The number of carbonyl (C=O) groups is 1. The number of nitrogens with zero attached hydrogens (tertiary/aromatic N) is 2. The highest BCUT2D eigenvalue weighted by atomic mass is 32.2. The number of carbonyl (C=O) groups excluding carboxylic acids is 1. The SMILES string of the molecule is COC(=O)[C@@H](Cc1ccc(F)cc1)Sc1nccn1C. The van der Waals surface area contributed by atoms with Crippen molar-refractivity contribution in [3.05, 3.63) is 48.0 Å². The first-order valence-corrected chi connectivity index (χ1v) is 6.94. The van der Waals surface area contributed by atoms with Gasteiger partial charge in [0, 0.05) is 19.4 Å². The van der Waals surface area contributed by atoms with Crippen LogP contribution in [0.3, 0.4) is 0 Å². The molecule has 106 valence electrons. The van der Waals surface area contributed by atoms with E-state index in [9.17, 15) is 9.18 Å². The quantitative estimate of drug-likeness (QED) is 0.627. The van der Waals surface area contributed by atoms with Crippen molar-refractivity contribution in [3.63, 3.8) is 0 Å². The highest BCUT2D eigenvalue weighted by Gasteiger charge is 2.23. The molecule has 0 aliphatic rings. The first-order valence-electron chi connectivity index (χ1n) is 6.06. The van der Waals surface area contributed by atoms with Gasteiger partial charge in [0.2, 0.25) is 0 Å². The number of ether oxygens (including phenoxy) is 1. The number of imidazole rings is 1. The molecule has 0 N–H and O–H groups in total. The van der Waals surface area contributed by atoms with Crippen molar-refractivity contribution in [2.45, 2.75) is 16.8 Å². The van der Waals surface area contributed by atoms with E-state index < -0.39 is 5.25 Å². The second-order valence-corrected chi connectivity index (χ2v) is 5.45. The second kappa shape index (κ2) is 6.56. The van der Waals surface area contributed by atoms with Crippen LogP contribution in [-0.2, 0) is 23.0 Å². The molecule has 1 heterocycles. The smallest absolute Gasteiger partial charge is 0.319 e. The third kappa shape index (κ3) is 3.60. The zero-order chi connectivity index (χ0) is 14.5. The summed E-state index contributed by atoms with van der Waals surface area (Å²) >= 11 is 1.34. The molecule has 0 amide bonds. The minimum atomic E-state index is -0.411. The average Bonchev–Trinajstić information content (AvgIpc) is 2.85. The van der Waals surface area contributed by atoms with Crippen LogP contribution in [0, 0.1) is 5.82 Å². The van der Waals surface area contributed by atoms with Gasteiger partial charge in [0.05, 0.1) is 7.11 Å². The maximum absolute atomic E-state index is 12.9. The van der Waals surface area contributed by atoms with Gasteiger partial charge in [0.25, 0.3) is 0 Å². The predicted octanol–water partition coefficient (Wildman–Crippen LogP) is 2.44. The van der Waals surface area contributed by atoms with Crippen LogP contribution in [0.4, 0.5) is 4.39 Å². The van der Waals surface area contributed by atoms with E-state index in [0.29, 0.717) is 6.42 Å². The molecule has 0 fully saturated rings. The molecule has 0 saturated heterocycles. The van der Waals surface area contributed by atoms with Crippen LogP contribution in [0.15, 0.2) is 41.8 Å². The van der Waals surface area contributed by atoms with E-state index in [4.69, 9.17) is 4.74 Å². The molecule has 0 bridgehead atoms. The highest BCUT2D eigenvalue weighted by Crippen LogP contribution is 2.25. The van der Waals surface area contributed by atoms with E-state index >= 15 is 0 Å². The standard InChI is InChI=1S/C14H15FN2O2S/c1-17-8-7-16-14(17)20-12(13(18)19-2)9-10-3-5-11(15)6-4-10/h3-8,12H,9H2,1-2H3/t12-/m1/s1. The number of benzene rings is 1. The van der Waals surface area contributed by atoms with E-state index in [2.05, 4.69) is 4.98 Å². The minimum absolute atomic E-state index is 0.292. The van der Waals surface area contributed by atoms with Gasteiger partial charge < -0.3 is 9.30 Å². The second-order valence-electron chi connectivity index (χ2n) is 4.28. The van der Waals surface area contributed by atoms with Gasteiger partial charge in [-0.3, -0.25) is 4.79 Å². The highest BCUT2D eigenvalue weighted by molar-refractivity contribution is 8.00. The molecule has 0 aliphatic heterocycles. The fraction of sp³-hybridized carbons (Fsp3) is 0.286. The fourth-order valence-corrected chi connectivity index (χ4v) is 2.80. The van der Waals surface area contributed by atoms with Crippen LogP contribution < -0.4 is 0 Å². The number of hydrogen-bond acceptors (Lipinski definition) is 4. The molecule has 1 aromatic carbocycles. The molecule has 0 aliphatic carbocycles. The minimum Gasteiger partial charge on any atom is -0.468 e. The number of methoxy groups -OCH3 is 1. The van der Waals surface area contributed by atoms with Crippen LogP contribution in [0.5, 0.6) is 0 Å². The van der Waals surface area contributed by atoms with Gasteiger partial charge in [0.1, 0.15) is 11.1 Å². The van der Waals surface area contributed by atoms with Crippen molar-refractivity contribution in [1.29, 1.82) is 0 Å². The van der Waals surface area contributed by atoms with Gasteiger partial charge in [-0.2, -0.15) is 0 Å². The Hall–Kier alpha value is -1.82. The van der Waals surface area contributed by atoms with Gasteiger partial charge in [0.15, 0.2) is 5.16 Å². The maximum atomic E-state index is 12.9. The van der Waals surface area contributed by atoms with Crippen LogP contribution >= 0.6 is 11.8 Å². The zero-order valence-corrected chi connectivity index (χ0v) is 12.1. The Labute approximate surface area is 121 Å². The van der Waals surface area contributed by atoms with Crippen molar-refractivity contribution in [2.75, 3.05) is 7.11 Å². The molecule has 0 radical (unpaired) electrons. The number of hydrogen-bond donors (Lipinski definition) is 0. The van der Waals surface area contributed by atoms with Crippen LogP contribution in [0.2, 0.25) is 0 Å². The molecule has 1 aromatic heterocycles. The lowest BCUT2D eigenvalue weighted by atomic mass is 10.1. The van der Waals surface area contributed by atoms with Gasteiger partial charge in [-0.25, -0.2) is 9.37 Å². The lowest BCUT2D eigenvalue weighted by molar-refractivity contribution is -0.139. The fourth-order valence-electron chi connectivity index (χ4n) is 1.73. The van der Waals surface area contributed by atoms with Gasteiger partial charge in [-0.1, -0.05) is 23.9 Å². The van der Waals surface area contributed by atoms with E-state index in [1.165, 1.54) is 31.0 Å². The summed E-state index contributed by atoms with van der Waals surface area (Å²) in [4.78, 5) is 16.1. The van der Waals surface area contributed by atoms with Crippen molar-refractivity contribution in [1.82, 2.24) is 9.55 Å². The summed E-state index contributed by atoms with van der Waals surface area (Å²) in [6.45, 7) is 0. The summed E-state index contributed by atoms with van der Waals surface area (Å²) in [6, 6.07) is 6.11. The Kier molecular flexibility index (Phi) is 4.79. The van der Waals surface area contributed by atoms with E-state index in [-0.39, 0.29) is 11.8 Å². The van der Waals surface area contributed by atoms with Crippen molar-refractivity contribution in [2.24, 2.45) is 7.05 Å². The third-order valence-electron chi connectivity index (χ3n) is 2.82. The molecule has 4 nitrogen and oxygen atoms in total.